The molecule has 0 unspecified atom stereocenters. The number of rotatable bonds is 5. The number of cyclic esters (lactones) is 1. The highest BCUT2D eigenvalue weighted by molar-refractivity contribution is 5.89. The number of aliphatic hydroxyl groups is 1. The van der Waals surface area contributed by atoms with Crippen LogP contribution in [-0.2, 0) is 28.3 Å². The van der Waals surface area contributed by atoms with Crippen LogP contribution in [0, 0.1) is 0 Å². The van der Waals surface area contributed by atoms with Crippen molar-refractivity contribution in [2.45, 2.75) is 51.9 Å². The first kappa shape index (κ1) is 19.8. The first-order valence-corrected chi connectivity index (χ1v) is 10.7. The summed E-state index contributed by atoms with van der Waals surface area (Å²) < 4.78 is 12.7. The van der Waals surface area contributed by atoms with Gasteiger partial charge in [0.1, 0.15) is 12.4 Å². The Morgan fingerprint density at radius 2 is 2.10 bits per heavy atom. The number of hydrogen-bond donors (Lipinski definition) is 1. The number of nitrogens with zero attached hydrogens (tertiary/aromatic N) is 2. The third kappa shape index (κ3) is 2.87. The van der Waals surface area contributed by atoms with Gasteiger partial charge in [-0.3, -0.25) is 4.79 Å². The average Bonchev–Trinajstić information content (AvgIpc) is 3.13. The molecule has 0 saturated heterocycles. The topological polar surface area (TPSA) is 90.7 Å². The van der Waals surface area contributed by atoms with Gasteiger partial charge in [0.25, 0.3) is 5.56 Å². The summed E-state index contributed by atoms with van der Waals surface area (Å²) in [7, 11) is 0. The van der Waals surface area contributed by atoms with Crippen molar-refractivity contribution in [3.63, 3.8) is 0 Å². The predicted octanol–water partition coefficient (Wildman–Crippen LogP) is 3.26. The van der Waals surface area contributed by atoms with Crippen molar-refractivity contribution in [3.8, 4) is 17.1 Å². The molecule has 2 aliphatic rings. The number of esters is 1. The molecule has 1 N–H and O–H groups in total. The lowest BCUT2D eigenvalue weighted by Crippen LogP contribution is -2.44. The molecule has 0 saturated carbocycles. The summed E-state index contributed by atoms with van der Waals surface area (Å²) in [4.78, 5) is 30.3. The molecule has 0 fully saturated rings. The van der Waals surface area contributed by atoms with E-state index in [2.05, 4.69) is 6.92 Å². The smallest absolute Gasteiger partial charge is 0.343 e. The molecule has 31 heavy (non-hydrogen) atoms. The van der Waals surface area contributed by atoms with E-state index in [0.29, 0.717) is 35.7 Å². The maximum Gasteiger partial charge on any atom is 0.343 e. The molecular formula is C24H24N2O5. The van der Waals surface area contributed by atoms with Gasteiger partial charge in [-0.05, 0) is 37.1 Å². The Hall–Kier alpha value is -3.19. The van der Waals surface area contributed by atoms with E-state index >= 15 is 0 Å². The van der Waals surface area contributed by atoms with Gasteiger partial charge in [-0.25, -0.2) is 9.78 Å². The van der Waals surface area contributed by atoms with E-state index in [4.69, 9.17) is 14.5 Å². The summed E-state index contributed by atoms with van der Waals surface area (Å²) in [6, 6.07) is 9.51. The van der Waals surface area contributed by atoms with E-state index in [9.17, 15) is 14.7 Å². The Labute approximate surface area is 179 Å². The van der Waals surface area contributed by atoms with Crippen LogP contribution < -0.4 is 10.3 Å². The number of aromatic nitrogens is 2. The van der Waals surface area contributed by atoms with E-state index in [1.165, 1.54) is 0 Å². The molecule has 7 nitrogen and oxygen atoms in total. The third-order valence-electron chi connectivity index (χ3n) is 6.27. The lowest BCUT2D eigenvalue weighted by Gasteiger charge is -2.31. The largest absolute Gasteiger partial charge is 0.493 e. The van der Waals surface area contributed by atoms with Gasteiger partial charge >= 0.3 is 5.97 Å². The second-order valence-electron chi connectivity index (χ2n) is 8.12. The number of pyridine rings is 2. The molecule has 160 valence electrons. The second-order valence-corrected chi connectivity index (χ2v) is 8.12. The minimum absolute atomic E-state index is 0.123. The fourth-order valence-electron chi connectivity index (χ4n) is 4.43. The molecule has 1 atom stereocenters. The Kier molecular flexibility index (Phi) is 4.59. The molecule has 0 bridgehead atoms. The van der Waals surface area contributed by atoms with Gasteiger partial charge in [0.2, 0.25) is 0 Å². The van der Waals surface area contributed by atoms with Crippen molar-refractivity contribution < 1.29 is 19.4 Å². The van der Waals surface area contributed by atoms with Crippen molar-refractivity contribution >= 4 is 16.9 Å². The van der Waals surface area contributed by atoms with Crippen molar-refractivity contribution in [2.24, 2.45) is 0 Å². The van der Waals surface area contributed by atoms with Crippen molar-refractivity contribution in [1.82, 2.24) is 9.55 Å². The van der Waals surface area contributed by atoms with E-state index in [-0.39, 0.29) is 18.6 Å². The molecule has 7 heteroatoms. The van der Waals surface area contributed by atoms with Crippen molar-refractivity contribution in [2.75, 3.05) is 6.61 Å². The minimum atomic E-state index is -1.82. The molecule has 0 aliphatic carbocycles. The Morgan fingerprint density at radius 3 is 2.87 bits per heavy atom. The number of fused-ring (bicyclic) bond motifs is 5. The van der Waals surface area contributed by atoms with Crippen LogP contribution in [0.3, 0.4) is 0 Å². The Bertz CT molecular complexity index is 1280. The molecular weight excluding hydrogens is 396 g/mol. The number of unbranched alkanes of at least 4 members (excludes halogenated alkanes) is 1. The SMILES string of the molecule is CCCCOc1cccc2nc3c(cc12)Cn1c-3cc2c(c1=O)COC(=O)[C@]2(O)CC. The summed E-state index contributed by atoms with van der Waals surface area (Å²) in [5, 5.41) is 11.9. The van der Waals surface area contributed by atoms with Crippen LogP contribution in [-0.4, -0.2) is 27.2 Å². The summed E-state index contributed by atoms with van der Waals surface area (Å²) >= 11 is 0. The van der Waals surface area contributed by atoms with Crippen LogP contribution in [0.2, 0.25) is 0 Å². The fourth-order valence-corrected chi connectivity index (χ4v) is 4.43. The number of ether oxygens (including phenoxy) is 2. The molecule has 0 spiro atoms. The van der Waals surface area contributed by atoms with Crippen LogP contribution in [0.1, 0.15) is 49.8 Å². The lowest BCUT2D eigenvalue weighted by atomic mass is 9.86. The van der Waals surface area contributed by atoms with E-state index in [1.54, 1.807) is 17.6 Å². The van der Waals surface area contributed by atoms with Gasteiger partial charge in [-0.1, -0.05) is 26.3 Å². The zero-order valence-corrected chi connectivity index (χ0v) is 17.6. The molecule has 1 aromatic carbocycles. The van der Waals surface area contributed by atoms with Crippen LogP contribution >= 0.6 is 0 Å². The highest BCUT2D eigenvalue weighted by atomic mass is 16.6. The summed E-state index contributed by atoms with van der Waals surface area (Å²) in [6.07, 6.45) is 2.15. The van der Waals surface area contributed by atoms with Crippen LogP contribution in [0.5, 0.6) is 5.75 Å². The molecule has 2 aliphatic heterocycles. The van der Waals surface area contributed by atoms with Gasteiger partial charge in [0.15, 0.2) is 5.60 Å². The maximum absolute atomic E-state index is 13.2. The fraction of sp³-hybridized carbons (Fsp3) is 0.375. The van der Waals surface area contributed by atoms with Crippen LogP contribution in [0.25, 0.3) is 22.3 Å². The third-order valence-corrected chi connectivity index (χ3v) is 6.27. The second kappa shape index (κ2) is 7.20. The highest BCUT2D eigenvalue weighted by Gasteiger charge is 2.45. The van der Waals surface area contributed by atoms with Gasteiger partial charge in [0, 0.05) is 16.5 Å². The highest BCUT2D eigenvalue weighted by Crippen LogP contribution is 2.39. The average molecular weight is 420 g/mol. The predicted molar refractivity (Wildman–Crippen MR) is 115 cm³/mol. The zero-order chi connectivity index (χ0) is 21.8. The Morgan fingerprint density at radius 1 is 1.26 bits per heavy atom. The van der Waals surface area contributed by atoms with Crippen molar-refractivity contribution in [3.05, 3.63) is 57.4 Å². The maximum atomic E-state index is 13.2. The molecule has 0 radical (unpaired) electrons. The summed E-state index contributed by atoms with van der Waals surface area (Å²) in [5.74, 6) is 0.0635. The Balaban J connectivity index is 1.67. The zero-order valence-electron chi connectivity index (χ0n) is 17.6. The molecule has 3 aromatic rings. The van der Waals surface area contributed by atoms with Crippen LogP contribution in [0.15, 0.2) is 35.1 Å². The first-order valence-electron chi connectivity index (χ1n) is 10.7. The number of carbonyl (C=O) groups excluding carboxylic acids is 1. The summed E-state index contributed by atoms with van der Waals surface area (Å²) in [5.41, 5.74) is 1.57. The van der Waals surface area contributed by atoms with Crippen molar-refractivity contribution in [1.29, 1.82) is 0 Å². The van der Waals surface area contributed by atoms with E-state index in [0.717, 1.165) is 35.1 Å². The number of carbonyl (C=O) groups is 1. The normalized spacial score (nSPS) is 19.0. The molecule has 0 amide bonds. The van der Waals surface area contributed by atoms with E-state index < -0.39 is 11.6 Å². The van der Waals surface area contributed by atoms with Crippen LogP contribution in [0.4, 0.5) is 0 Å². The quantitative estimate of drug-likeness (QED) is 0.394. The first-order chi connectivity index (χ1) is 15.0. The lowest BCUT2D eigenvalue weighted by molar-refractivity contribution is -0.172. The van der Waals surface area contributed by atoms with Gasteiger partial charge in [0.05, 0.1) is 35.6 Å². The van der Waals surface area contributed by atoms with E-state index in [1.807, 2.05) is 24.3 Å². The molecule has 5 rings (SSSR count). The van der Waals surface area contributed by atoms with Gasteiger partial charge < -0.3 is 19.1 Å². The molecule has 4 heterocycles. The standard InChI is InChI=1S/C24H24N2O5/c1-3-5-9-30-20-8-6-7-18-15(20)10-14-12-26-19(21(14)25-18)11-17-16(22(26)27)13-31-23(28)24(17,29)4-2/h6-8,10-11,29H,3-5,9,12-13H2,1-2H3/t24-/m0/s1. The number of hydrogen-bond acceptors (Lipinski definition) is 6. The summed E-state index contributed by atoms with van der Waals surface area (Å²) in [6.45, 7) is 4.70. The molecule has 2 aromatic heterocycles. The number of benzene rings is 1. The van der Waals surface area contributed by atoms with Gasteiger partial charge in [-0.2, -0.15) is 0 Å². The monoisotopic (exact) mass is 420 g/mol. The minimum Gasteiger partial charge on any atom is -0.493 e. The van der Waals surface area contributed by atoms with Gasteiger partial charge in [-0.15, -0.1) is 0 Å².